The van der Waals surface area contributed by atoms with Gasteiger partial charge in [-0.25, -0.2) is 0 Å². The SMILES string of the molecule is Cc1nn(C)c(N2C[C@@H](C)O[C@@H](C)C2)c1CCN. The zero-order valence-corrected chi connectivity index (χ0v) is 11.8. The molecule has 1 saturated heterocycles. The monoisotopic (exact) mass is 252 g/mol. The summed E-state index contributed by atoms with van der Waals surface area (Å²) in [6.07, 6.45) is 1.40. The minimum Gasteiger partial charge on any atom is -0.372 e. The van der Waals surface area contributed by atoms with E-state index in [0.717, 1.165) is 25.2 Å². The first-order chi connectivity index (χ1) is 8.52. The number of rotatable bonds is 3. The number of hydrogen-bond donors (Lipinski definition) is 1. The number of aromatic nitrogens is 2. The molecule has 1 aliphatic rings. The number of nitrogens with zero attached hydrogens (tertiary/aromatic N) is 3. The maximum atomic E-state index is 5.79. The maximum absolute atomic E-state index is 5.79. The van der Waals surface area contributed by atoms with Crippen LogP contribution in [0.1, 0.15) is 25.1 Å². The van der Waals surface area contributed by atoms with Gasteiger partial charge in [0.1, 0.15) is 5.82 Å². The highest BCUT2D eigenvalue weighted by Crippen LogP contribution is 2.26. The van der Waals surface area contributed by atoms with E-state index in [1.54, 1.807) is 0 Å². The molecule has 0 unspecified atom stereocenters. The largest absolute Gasteiger partial charge is 0.372 e. The van der Waals surface area contributed by atoms with Crippen LogP contribution in [0.15, 0.2) is 0 Å². The van der Waals surface area contributed by atoms with E-state index >= 15 is 0 Å². The Morgan fingerprint density at radius 2 is 1.94 bits per heavy atom. The smallest absolute Gasteiger partial charge is 0.130 e. The van der Waals surface area contributed by atoms with Crippen LogP contribution in [0.4, 0.5) is 5.82 Å². The van der Waals surface area contributed by atoms with E-state index in [1.807, 2.05) is 11.7 Å². The highest BCUT2D eigenvalue weighted by molar-refractivity contribution is 5.51. The van der Waals surface area contributed by atoms with E-state index in [9.17, 15) is 0 Å². The summed E-state index contributed by atoms with van der Waals surface area (Å²) in [4.78, 5) is 2.38. The van der Waals surface area contributed by atoms with Crippen molar-refractivity contribution in [2.45, 2.75) is 39.4 Å². The van der Waals surface area contributed by atoms with E-state index in [4.69, 9.17) is 10.5 Å². The number of anilines is 1. The molecule has 1 fully saturated rings. The van der Waals surface area contributed by atoms with Crippen molar-refractivity contribution in [1.29, 1.82) is 0 Å². The molecule has 0 spiro atoms. The Morgan fingerprint density at radius 1 is 1.33 bits per heavy atom. The maximum Gasteiger partial charge on any atom is 0.130 e. The van der Waals surface area contributed by atoms with Crippen LogP contribution in [0.5, 0.6) is 0 Å². The minimum atomic E-state index is 0.259. The highest BCUT2D eigenvalue weighted by Gasteiger charge is 2.27. The summed E-state index contributed by atoms with van der Waals surface area (Å²) < 4.78 is 7.77. The van der Waals surface area contributed by atoms with Crippen molar-refractivity contribution in [3.8, 4) is 0 Å². The standard InChI is InChI=1S/C13H24N4O/c1-9-7-17(8-10(2)18-9)13-12(5-6-14)11(3)15-16(13)4/h9-10H,5-8,14H2,1-4H3/t9-,10+. The molecule has 0 amide bonds. The van der Waals surface area contributed by atoms with Crippen LogP contribution >= 0.6 is 0 Å². The van der Waals surface area contributed by atoms with Gasteiger partial charge < -0.3 is 15.4 Å². The van der Waals surface area contributed by atoms with Gasteiger partial charge in [0, 0.05) is 25.7 Å². The van der Waals surface area contributed by atoms with Crippen molar-refractivity contribution in [2.24, 2.45) is 12.8 Å². The van der Waals surface area contributed by atoms with Crippen LogP contribution in [-0.4, -0.2) is 41.6 Å². The van der Waals surface area contributed by atoms with Gasteiger partial charge in [-0.1, -0.05) is 0 Å². The number of ether oxygens (including phenoxy) is 1. The molecule has 2 rings (SSSR count). The second-order valence-electron chi connectivity index (χ2n) is 5.21. The van der Waals surface area contributed by atoms with Crippen molar-refractivity contribution >= 4 is 5.82 Å². The van der Waals surface area contributed by atoms with Crippen LogP contribution in [0.2, 0.25) is 0 Å². The van der Waals surface area contributed by atoms with Gasteiger partial charge in [0.2, 0.25) is 0 Å². The second kappa shape index (κ2) is 5.28. The van der Waals surface area contributed by atoms with Gasteiger partial charge in [-0.05, 0) is 33.7 Å². The van der Waals surface area contributed by atoms with E-state index in [-0.39, 0.29) is 12.2 Å². The summed E-state index contributed by atoms with van der Waals surface area (Å²) in [6.45, 7) is 8.79. The lowest BCUT2D eigenvalue weighted by Gasteiger charge is -2.37. The zero-order chi connectivity index (χ0) is 13.3. The van der Waals surface area contributed by atoms with E-state index in [2.05, 4.69) is 30.8 Å². The molecular formula is C13H24N4O. The molecule has 1 aromatic rings. The first kappa shape index (κ1) is 13.4. The lowest BCUT2D eigenvalue weighted by Crippen LogP contribution is -2.46. The number of morpholine rings is 1. The summed E-state index contributed by atoms with van der Waals surface area (Å²) >= 11 is 0. The molecule has 5 nitrogen and oxygen atoms in total. The molecule has 0 aliphatic carbocycles. The number of nitrogens with two attached hydrogens (primary N) is 1. The first-order valence-corrected chi connectivity index (χ1v) is 6.65. The van der Waals surface area contributed by atoms with Crippen molar-refractivity contribution < 1.29 is 4.74 Å². The Balaban J connectivity index is 2.31. The topological polar surface area (TPSA) is 56.3 Å². The van der Waals surface area contributed by atoms with Crippen LogP contribution in [-0.2, 0) is 18.2 Å². The highest BCUT2D eigenvalue weighted by atomic mass is 16.5. The molecule has 5 heteroatoms. The molecule has 18 heavy (non-hydrogen) atoms. The second-order valence-corrected chi connectivity index (χ2v) is 5.21. The Labute approximate surface area is 109 Å². The summed E-state index contributed by atoms with van der Waals surface area (Å²) in [7, 11) is 2.01. The van der Waals surface area contributed by atoms with Gasteiger partial charge in [0.05, 0.1) is 17.9 Å². The minimum absolute atomic E-state index is 0.259. The van der Waals surface area contributed by atoms with Crippen molar-refractivity contribution in [3.05, 3.63) is 11.3 Å². The Bertz CT molecular complexity index is 405. The summed E-state index contributed by atoms with van der Waals surface area (Å²) in [5.74, 6) is 1.21. The Kier molecular flexibility index (Phi) is 3.92. The Morgan fingerprint density at radius 3 is 2.50 bits per heavy atom. The summed E-state index contributed by atoms with van der Waals surface area (Å²) in [5, 5.41) is 4.53. The summed E-state index contributed by atoms with van der Waals surface area (Å²) in [6, 6.07) is 0. The zero-order valence-electron chi connectivity index (χ0n) is 11.8. The van der Waals surface area contributed by atoms with E-state index in [1.165, 1.54) is 11.4 Å². The van der Waals surface area contributed by atoms with E-state index in [0.29, 0.717) is 6.54 Å². The number of hydrogen-bond acceptors (Lipinski definition) is 4. The van der Waals surface area contributed by atoms with Gasteiger partial charge in [0.15, 0.2) is 0 Å². The molecule has 102 valence electrons. The molecular weight excluding hydrogens is 228 g/mol. The average Bonchev–Trinajstić information content (AvgIpc) is 2.53. The normalized spacial score (nSPS) is 24.6. The average molecular weight is 252 g/mol. The molecule has 0 aromatic carbocycles. The molecule has 2 N–H and O–H groups in total. The molecule has 1 aliphatic heterocycles. The third kappa shape index (κ3) is 2.52. The molecule has 2 heterocycles. The van der Waals surface area contributed by atoms with Crippen LogP contribution in [0.25, 0.3) is 0 Å². The summed E-state index contributed by atoms with van der Waals surface area (Å²) in [5.41, 5.74) is 8.08. The predicted molar refractivity (Wildman–Crippen MR) is 72.9 cm³/mol. The quantitative estimate of drug-likeness (QED) is 0.866. The molecule has 2 atom stereocenters. The van der Waals surface area contributed by atoms with Gasteiger partial charge in [-0.2, -0.15) is 5.10 Å². The van der Waals surface area contributed by atoms with Crippen LogP contribution in [0, 0.1) is 6.92 Å². The lowest BCUT2D eigenvalue weighted by molar-refractivity contribution is -0.00569. The molecule has 1 aromatic heterocycles. The van der Waals surface area contributed by atoms with Gasteiger partial charge in [0.25, 0.3) is 0 Å². The van der Waals surface area contributed by atoms with Gasteiger partial charge >= 0.3 is 0 Å². The fraction of sp³-hybridized carbons (Fsp3) is 0.769. The van der Waals surface area contributed by atoms with E-state index < -0.39 is 0 Å². The van der Waals surface area contributed by atoms with Crippen molar-refractivity contribution in [1.82, 2.24) is 9.78 Å². The van der Waals surface area contributed by atoms with Crippen LogP contribution in [0.3, 0.4) is 0 Å². The Hall–Kier alpha value is -1.07. The number of aryl methyl sites for hydroxylation is 2. The first-order valence-electron chi connectivity index (χ1n) is 6.65. The lowest BCUT2D eigenvalue weighted by atomic mass is 10.1. The van der Waals surface area contributed by atoms with Crippen molar-refractivity contribution in [3.63, 3.8) is 0 Å². The molecule has 0 radical (unpaired) electrons. The fourth-order valence-corrected chi connectivity index (χ4v) is 2.87. The third-order valence-corrected chi connectivity index (χ3v) is 3.43. The van der Waals surface area contributed by atoms with Gasteiger partial charge in [-0.3, -0.25) is 4.68 Å². The molecule has 0 bridgehead atoms. The fourth-order valence-electron chi connectivity index (χ4n) is 2.87. The van der Waals surface area contributed by atoms with Crippen molar-refractivity contribution in [2.75, 3.05) is 24.5 Å². The van der Waals surface area contributed by atoms with Crippen LogP contribution < -0.4 is 10.6 Å². The molecule has 0 saturated carbocycles. The third-order valence-electron chi connectivity index (χ3n) is 3.43. The van der Waals surface area contributed by atoms with Gasteiger partial charge in [-0.15, -0.1) is 0 Å². The predicted octanol–water partition coefficient (Wildman–Crippen LogP) is 0.843.